The molecule has 0 heterocycles. The number of carboxylic acids is 2. The Kier molecular flexibility index (Phi) is 8.71. The first-order chi connectivity index (χ1) is 5.93. The first-order valence-corrected chi connectivity index (χ1v) is 3.08. The Balaban J connectivity index is 0. The molecule has 0 aliphatic heterocycles. The van der Waals surface area contributed by atoms with Crippen molar-refractivity contribution in [2.45, 2.75) is 6.42 Å². The van der Waals surface area contributed by atoms with Gasteiger partial charge in [0.2, 0.25) is 0 Å². The number of esters is 1. The summed E-state index contributed by atoms with van der Waals surface area (Å²) in [6.45, 7) is 3.16. The topological polar surface area (TPSA) is 101 Å². The lowest BCUT2D eigenvalue weighted by Crippen LogP contribution is -2.03. The van der Waals surface area contributed by atoms with Crippen LogP contribution in [-0.2, 0) is 19.1 Å². The fourth-order valence-corrected chi connectivity index (χ4v) is 0.213. The molecule has 0 saturated carbocycles. The van der Waals surface area contributed by atoms with Crippen LogP contribution in [0.2, 0.25) is 0 Å². The molecule has 0 aliphatic rings. The van der Waals surface area contributed by atoms with Crippen LogP contribution in [0.4, 0.5) is 0 Å². The Bertz CT molecular complexity index is 195. The van der Waals surface area contributed by atoms with E-state index in [1.807, 2.05) is 0 Å². The third kappa shape index (κ3) is 17.8. The number of carbonyl (C=O) groups excluding carboxylic acids is 1. The molecule has 0 aromatic carbocycles. The molecule has 2 N–H and O–H groups in total. The van der Waals surface area contributed by atoms with Gasteiger partial charge in [0.25, 0.3) is 0 Å². The number of hydrogen-bond donors (Lipinski definition) is 2. The summed E-state index contributed by atoms with van der Waals surface area (Å²) < 4.78 is 4.14. The molecule has 6 nitrogen and oxygen atoms in total. The van der Waals surface area contributed by atoms with E-state index >= 15 is 0 Å². The van der Waals surface area contributed by atoms with E-state index in [1.54, 1.807) is 0 Å². The molecule has 0 radical (unpaired) electrons. The molecular weight excluding hydrogens is 180 g/mol. The molecular formula is C7H10O6. The van der Waals surface area contributed by atoms with E-state index in [9.17, 15) is 14.4 Å². The van der Waals surface area contributed by atoms with Crippen LogP contribution >= 0.6 is 0 Å². The van der Waals surface area contributed by atoms with Crippen LogP contribution < -0.4 is 0 Å². The number of carboxylic acid groups (broad SMARTS) is 2. The molecule has 0 bridgehead atoms. The lowest BCUT2D eigenvalue weighted by atomic mass is 10.5. The van der Waals surface area contributed by atoms with Crippen LogP contribution in [0.25, 0.3) is 0 Å². The van der Waals surface area contributed by atoms with Crippen LogP contribution in [-0.4, -0.2) is 35.2 Å². The van der Waals surface area contributed by atoms with E-state index in [-0.39, 0.29) is 0 Å². The van der Waals surface area contributed by atoms with Gasteiger partial charge in [-0.25, -0.2) is 4.79 Å². The van der Waals surface area contributed by atoms with E-state index < -0.39 is 24.3 Å². The van der Waals surface area contributed by atoms with E-state index in [1.165, 1.54) is 7.11 Å². The smallest absolute Gasteiger partial charge is 0.329 e. The van der Waals surface area contributed by atoms with Crippen molar-refractivity contribution in [3.63, 3.8) is 0 Å². The van der Waals surface area contributed by atoms with E-state index in [0.717, 1.165) is 6.08 Å². The summed E-state index contributed by atoms with van der Waals surface area (Å²) in [7, 11) is 1.31. The minimum Gasteiger partial charge on any atom is -0.481 e. The van der Waals surface area contributed by atoms with Crippen LogP contribution in [0.15, 0.2) is 12.7 Å². The maximum atomic E-state index is 9.84. The number of aliphatic carboxylic acids is 2. The molecule has 0 atom stereocenters. The monoisotopic (exact) mass is 190 g/mol. The molecule has 6 heteroatoms. The Morgan fingerprint density at radius 1 is 1.31 bits per heavy atom. The fraction of sp³-hybridized carbons (Fsp3) is 0.286. The first-order valence-electron chi connectivity index (χ1n) is 3.08. The highest BCUT2D eigenvalue weighted by atomic mass is 16.5. The summed E-state index contributed by atoms with van der Waals surface area (Å²) in [6.07, 6.45) is 0.306. The molecule has 0 fully saturated rings. The molecule has 0 rings (SSSR count). The predicted molar refractivity (Wildman–Crippen MR) is 42.1 cm³/mol. The zero-order valence-electron chi connectivity index (χ0n) is 7.02. The second-order valence-electron chi connectivity index (χ2n) is 1.69. The lowest BCUT2D eigenvalue weighted by Gasteiger charge is -1.83. The van der Waals surface area contributed by atoms with Gasteiger partial charge in [0, 0.05) is 6.08 Å². The summed E-state index contributed by atoms with van der Waals surface area (Å²) in [5, 5.41) is 15.4. The van der Waals surface area contributed by atoms with Gasteiger partial charge in [0.15, 0.2) is 0 Å². The highest BCUT2D eigenvalue weighted by Crippen LogP contribution is 1.74. The third-order valence-corrected chi connectivity index (χ3v) is 0.670. The summed E-state index contributed by atoms with van der Waals surface area (Å²) >= 11 is 0. The average molecular weight is 190 g/mol. The highest BCUT2D eigenvalue weighted by molar-refractivity contribution is 5.88. The SMILES string of the molecule is C=CC(=O)OC.O=C(O)CC(=O)O. The van der Waals surface area contributed by atoms with Gasteiger partial charge in [0.05, 0.1) is 7.11 Å². The molecule has 74 valence electrons. The number of ether oxygens (including phenoxy) is 1. The number of methoxy groups -OCH3 is 1. The molecule has 13 heavy (non-hydrogen) atoms. The zero-order chi connectivity index (χ0) is 10.9. The van der Waals surface area contributed by atoms with Crippen LogP contribution in [0.5, 0.6) is 0 Å². The minimum absolute atomic E-state index is 0.394. The fourth-order valence-electron chi connectivity index (χ4n) is 0.213. The normalized spacial score (nSPS) is 7.46. The van der Waals surface area contributed by atoms with Crippen molar-refractivity contribution in [2.75, 3.05) is 7.11 Å². The number of carbonyl (C=O) groups is 3. The van der Waals surface area contributed by atoms with Crippen LogP contribution in [0, 0.1) is 0 Å². The first kappa shape index (κ1) is 13.7. The molecule has 0 spiro atoms. The maximum Gasteiger partial charge on any atom is 0.329 e. The standard InChI is InChI=1S/C4H6O2.C3H4O4/c1-3-4(5)6-2;4-2(5)1-3(6)7/h3H,1H2,2H3;1H2,(H,4,5)(H,6,7). The summed E-state index contributed by atoms with van der Waals surface area (Å²) in [6, 6.07) is 0. The number of rotatable bonds is 3. The number of hydrogen-bond acceptors (Lipinski definition) is 4. The van der Waals surface area contributed by atoms with Gasteiger partial charge in [-0.1, -0.05) is 6.58 Å². The minimum atomic E-state index is -1.31. The summed E-state index contributed by atoms with van der Waals surface area (Å²) in [4.78, 5) is 28.7. The van der Waals surface area contributed by atoms with Gasteiger partial charge >= 0.3 is 17.9 Å². The van der Waals surface area contributed by atoms with Gasteiger partial charge in [-0.3, -0.25) is 9.59 Å². The molecule has 0 aliphatic carbocycles. The van der Waals surface area contributed by atoms with Crippen molar-refractivity contribution in [3.8, 4) is 0 Å². The largest absolute Gasteiger partial charge is 0.481 e. The highest BCUT2D eigenvalue weighted by Gasteiger charge is 2.01. The molecule has 0 amide bonds. The summed E-state index contributed by atoms with van der Waals surface area (Å²) in [5.41, 5.74) is 0. The zero-order valence-corrected chi connectivity index (χ0v) is 7.02. The van der Waals surface area contributed by atoms with Crippen molar-refractivity contribution in [1.29, 1.82) is 0 Å². The Morgan fingerprint density at radius 3 is 1.69 bits per heavy atom. The van der Waals surface area contributed by atoms with Gasteiger partial charge < -0.3 is 14.9 Å². The molecule has 0 aromatic heterocycles. The van der Waals surface area contributed by atoms with Gasteiger partial charge in [-0.05, 0) is 0 Å². The van der Waals surface area contributed by atoms with Gasteiger partial charge in [-0.15, -0.1) is 0 Å². The lowest BCUT2D eigenvalue weighted by molar-refractivity contribution is -0.147. The van der Waals surface area contributed by atoms with E-state index in [0.29, 0.717) is 0 Å². The van der Waals surface area contributed by atoms with Crippen molar-refractivity contribution in [2.24, 2.45) is 0 Å². The molecule has 0 saturated heterocycles. The van der Waals surface area contributed by atoms with Crippen molar-refractivity contribution < 1.29 is 29.3 Å². The van der Waals surface area contributed by atoms with E-state index in [2.05, 4.69) is 11.3 Å². The quantitative estimate of drug-likeness (QED) is 0.366. The Labute approximate surface area is 74.4 Å². The van der Waals surface area contributed by atoms with E-state index in [4.69, 9.17) is 10.2 Å². The second kappa shape index (κ2) is 8.25. The average Bonchev–Trinajstić information content (AvgIpc) is 2.01. The predicted octanol–water partition coefficient (Wildman–Crippen LogP) is -0.109. The Morgan fingerprint density at radius 2 is 1.69 bits per heavy atom. The van der Waals surface area contributed by atoms with Gasteiger partial charge in [0.1, 0.15) is 6.42 Å². The maximum absolute atomic E-state index is 9.84. The van der Waals surface area contributed by atoms with Crippen molar-refractivity contribution >= 4 is 17.9 Å². The summed E-state index contributed by atoms with van der Waals surface area (Å²) in [5.74, 6) is -3.02. The Hall–Kier alpha value is -1.85. The third-order valence-electron chi connectivity index (χ3n) is 0.670. The molecule has 0 aromatic rings. The van der Waals surface area contributed by atoms with Crippen molar-refractivity contribution in [1.82, 2.24) is 0 Å². The second-order valence-corrected chi connectivity index (χ2v) is 1.69. The van der Waals surface area contributed by atoms with Crippen LogP contribution in [0.3, 0.4) is 0 Å². The van der Waals surface area contributed by atoms with Gasteiger partial charge in [-0.2, -0.15) is 0 Å². The van der Waals surface area contributed by atoms with Crippen molar-refractivity contribution in [3.05, 3.63) is 12.7 Å². The molecule has 0 unspecified atom stereocenters. The van der Waals surface area contributed by atoms with Crippen LogP contribution in [0.1, 0.15) is 6.42 Å².